The van der Waals surface area contributed by atoms with Gasteiger partial charge in [0, 0.05) is 37.8 Å². The van der Waals surface area contributed by atoms with Gasteiger partial charge in [0.25, 0.3) is 0 Å². The Morgan fingerprint density at radius 2 is 1.94 bits per heavy atom. The van der Waals surface area contributed by atoms with E-state index in [4.69, 9.17) is 4.74 Å². The summed E-state index contributed by atoms with van der Waals surface area (Å²) >= 11 is 0. The molecule has 0 aromatic rings. The zero-order valence-electron chi connectivity index (χ0n) is 11.3. The van der Waals surface area contributed by atoms with Crippen LogP contribution in [0.3, 0.4) is 0 Å². The average Bonchev–Trinajstić information content (AvgIpc) is 3.13. The van der Waals surface area contributed by atoms with Crippen LogP contribution in [0.4, 0.5) is 0 Å². The largest absolute Gasteiger partial charge is 0.396 e. The summed E-state index contributed by atoms with van der Waals surface area (Å²) in [6, 6.07) is 0.795. The molecule has 1 aliphatic heterocycles. The van der Waals surface area contributed by atoms with Gasteiger partial charge in [-0.25, -0.2) is 0 Å². The van der Waals surface area contributed by atoms with E-state index in [1.807, 2.05) is 0 Å². The molecule has 100 valence electrons. The third-order valence-electron chi connectivity index (χ3n) is 4.09. The van der Waals surface area contributed by atoms with Gasteiger partial charge in [0.15, 0.2) is 0 Å². The minimum Gasteiger partial charge on any atom is -0.396 e. The monoisotopic (exact) mass is 241 g/mol. The molecule has 2 rings (SSSR count). The first kappa shape index (κ1) is 13.3. The molecule has 1 saturated heterocycles. The molecule has 0 amide bonds. The summed E-state index contributed by atoms with van der Waals surface area (Å²) in [5.41, 5.74) is 0.107. The number of aliphatic hydroxyl groups excluding tert-OH is 1. The maximum Gasteiger partial charge on any atom is 0.0501 e. The minimum absolute atomic E-state index is 0.107. The standard InChI is InChI=1S/C14H27NO2/c1-12(2)9-15(13-3-4-13)10-14(11-16)5-7-17-8-6-14/h12-13,16H,3-11H2,1-2H3. The molecule has 0 aromatic heterocycles. The van der Waals surface area contributed by atoms with Crippen LogP contribution in [-0.4, -0.2) is 49.0 Å². The summed E-state index contributed by atoms with van der Waals surface area (Å²) < 4.78 is 5.44. The summed E-state index contributed by atoms with van der Waals surface area (Å²) in [7, 11) is 0. The average molecular weight is 241 g/mol. The van der Waals surface area contributed by atoms with Crippen molar-refractivity contribution in [3.63, 3.8) is 0 Å². The molecule has 3 heteroatoms. The Bertz CT molecular complexity index is 232. The van der Waals surface area contributed by atoms with E-state index in [1.54, 1.807) is 0 Å². The maximum atomic E-state index is 9.74. The highest BCUT2D eigenvalue weighted by Gasteiger charge is 2.38. The quantitative estimate of drug-likeness (QED) is 0.771. The summed E-state index contributed by atoms with van der Waals surface area (Å²) in [5.74, 6) is 0.714. The number of nitrogens with zero attached hydrogens (tertiary/aromatic N) is 1. The summed E-state index contributed by atoms with van der Waals surface area (Å²) in [4.78, 5) is 2.62. The predicted octanol–water partition coefficient (Wildman–Crippen LogP) is 1.90. The minimum atomic E-state index is 0.107. The second kappa shape index (κ2) is 5.68. The fourth-order valence-electron chi connectivity index (χ4n) is 2.85. The normalized spacial score (nSPS) is 24.5. The van der Waals surface area contributed by atoms with Gasteiger partial charge in [-0.3, -0.25) is 4.90 Å². The van der Waals surface area contributed by atoms with Crippen molar-refractivity contribution in [2.75, 3.05) is 32.9 Å². The Morgan fingerprint density at radius 1 is 1.29 bits per heavy atom. The number of aliphatic hydroxyl groups is 1. The highest BCUT2D eigenvalue weighted by atomic mass is 16.5. The molecular weight excluding hydrogens is 214 g/mol. The lowest BCUT2D eigenvalue weighted by molar-refractivity contribution is -0.0370. The van der Waals surface area contributed by atoms with E-state index < -0.39 is 0 Å². The Kier molecular flexibility index (Phi) is 4.45. The van der Waals surface area contributed by atoms with E-state index in [2.05, 4.69) is 18.7 Å². The van der Waals surface area contributed by atoms with Gasteiger partial charge in [0.1, 0.15) is 0 Å². The highest BCUT2D eigenvalue weighted by molar-refractivity contribution is 4.91. The van der Waals surface area contributed by atoms with E-state index >= 15 is 0 Å². The topological polar surface area (TPSA) is 32.7 Å². The molecule has 0 bridgehead atoms. The van der Waals surface area contributed by atoms with Crippen molar-refractivity contribution in [3.8, 4) is 0 Å². The van der Waals surface area contributed by atoms with Gasteiger partial charge in [-0.15, -0.1) is 0 Å². The van der Waals surface area contributed by atoms with Crippen LogP contribution in [0.2, 0.25) is 0 Å². The van der Waals surface area contributed by atoms with E-state index in [-0.39, 0.29) is 5.41 Å². The van der Waals surface area contributed by atoms with Crippen LogP contribution in [0.1, 0.15) is 39.5 Å². The molecular formula is C14H27NO2. The van der Waals surface area contributed by atoms with Crippen LogP contribution in [0.15, 0.2) is 0 Å². The zero-order valence-corrected chi connectivity index (χ0v) is 11.3. The first-order valence-corrected chi connectivity index (χ1v) is 7.08. The molecule has 0 aromatic carbocycles. The summed E-state index contributed by atoms with van der Waals surface area (Å²) in [6.07, 6.45) is 4.74. The Morgan fingerprint density at radius 3 is 2.41 bits per heavy atom. The van der Waals surface area contributed by atoms with E-state index in [0.717, 1.165) is 38.6 Å². The molecule has 0 radical (unpaired) electrons. The molecule has 1 aliphatic carbocycles. The third-order valence-corrected chi connectivity index (χ3v) is 4.09. The molecule has 1 saturated carbocycles. The first-order valence-electron chi connectivity index (χ1n) is 7.08. The Hall–Kier alpha value is -0.120. The fourth-order valence-corrected chi connectivity index (χ4v) is 2.85. The molecule has 1 heterocycles. The molecule has 3 nitrogen and oxygen atoms in total. The Balaban J connectivity index is 1.94. The second-order valence-electron chi connectivity index (χ2n) is 6.32. The molecule has 2 fully saturated rings. The van der Waals surface area contributed by atoms with Gasteiger partial charge >= 0.3 is 0 Å². The van der Waals surface area contributed by atoms with Crippen molar-refractivity contribution in [1.29, 1.82) is 0 Å². The van der Waals surface area contributed by atoms with Gasteiger partial charge < -0.3 is 9.84 Å². The lowest BCUT2D eigenvalue weighted by atomic mass is 9.80. The smallest absolute Gasteiger partial charge is 0.0501 e. The predicted molar refractivity (Wildman–Crippen MR) is 69.0 cm³/mol. The molecule has 0 spiro atoms. The fraction of sp³-hybridized carbons (Fsp3) is 1.00. The van der Waals surface area contributed by atoms with Crippen molar-refractivity contribution >= 4 is 0 Å². The third kappa shape index (κ3) is 3.67. The second-order valence-corrected chi connectivity index (χ2v) is 6.32. The van der Waals surface area contributed by atoms with E-state index in [0.29, 0.717) is 12.5 Å². The molecule has 2 aliphatic rings. The van der Waals surface area contributed by atoms with Crippen molar-refractivity contribution in [3.05, 3.63) is 0 Å². The lowest BCUT2D eigenvalue weighted by Gasteiger charge is -2.40. The van der Waals surface area contributed by atoms with Crippen molar-refractivity contribution in [2.24, 2.45) is 11.3 Å². The summed E-state index contributed by atoms with van der Waals surface area (Å²) in [6.45, 7) is 8.76. The van der Waals surface area contributed by atoms with Crippen molar-refractivity contribution in [1.82, 2.24) is 4.90 Å². The molecule has 0 atom stereocenters. The maximum absolute atomic E-state index is 9.74. The first-order chi connectivity index (χ1) is 8.15. The van der Waals surface area contributed by atoms with Gasteiger partial charge in [-0.05, 0) is 31.6 Å². The van der Waals surface area contributed by atoms with Gasteiger partial charge in [-0.2, -0.15) is 0 Å². The summed E-state index contributed by atoms with van der Waals surface area (Å²) in [5, 5.41) is 9.74. The van der Waals surface area contributed by atoms with Crippen LogP contribution in [-0.2, 0) is 4.74 Å². The van der Waals surface area contributed by atoms with Crippen LogP contribution in [0, 0.1) is 11.3 Å². The number of hydrogen-bond acceptors (Lipinski definition) is 3. The number of rotatable bonds is 6. The number of hydrogen-bond donors (Lipinski definition) is 1. The van der Waals surface area contributed by atoms with E-state index in [1.165, 1.54) is 19.4 Å². The van der Waals surface area contributed by atoms with E-state index in [9.17, 15) is 5.11 Å². The molecule has 0 unspecified atom stereocenters. The van der Waals surface area contributed by atoms with Gasteiger partial charge in [0.05, 0.1) is 6.61 Å². The lowest BCUT2D eigenvalue weighted by Crippen LogP contribution is -2.45. The van der Waals surface area contributed by atoms with Gasteiger partial charge in [0.2, 0.25) is 0 Å². The molecule has 1 N–H and O–H groups in total. The highest BCUT2D eigenvalue weighted by Crippen LogP contribution is 2.36. The van der Waals surface area contributed by atoms with Crippen molar-refractivity contribution in [2.45, 2.75) is 45.6 Å². The van der Waals surface area contributed by atoms with Crippen LogP contribution >= 0.6 is 0 Å². The zero-order chi connectivity index (χ0) is 12.3. The van der Waals surface area contributed by atoms with Gasteiger partial charge in [-0.1, -0.05) is 13.8 Å². The van der Waals surface area contributed by atoms with Crippen LogP contribution in [0.25, 0.3) is 0 Å². The Labute approximate surface area is 105 Å². The molecule has 17 heavy (non-hydrogen) atoms. The van der Waals surface area contributed by atoms with Crippen molar-refractivity contribution < 1.29 is 9.84 Å². The number of ether oxygens (including phenoxy) is 1. The van der Waals surface area contributed by atoms with Crippen LogP contribution < -0.4 is 0 Å². The SMILES string of the molecule is CC(C)CN(CC1(CO)CCOCC1)C1CC1. The van der Waals surface area contributed by atoms with Crippen LogP contribution in [0.5, 0.6) is 0 Å².